The summed E-state index contributed by atoms with van der Waals surface area (Å²) >= 11 is 0. The molecule has 174 valence electrons. The van der Waals surface area contributed by atoms with Crippen LogP contribution in [0.3, 0.4) is 0 Å². The zero-order valence-electron chi connectivity index (χ0n) is 18.7. The Balaban J connectivity index is 1.77. The average molecular weight is 447 g/mol. The molecule has 1 saturated heterocycles. The van der Waals surface area contributed by atoms with Crippen molar-refractivity contribution in [1.29, 1.82) is 0 Å². The van der Waals surface area contributed by atoms with E-state index in [1.165, 1.54) is 24.6 Å². The first-order valence-electron chi connectivity index (χ1n) is 11.1. The van der Waals surface area contributed by atoms with Crippen LogP contribution in [0.1, 0.15) is 43.4 Å². The van der Waals surface area contributed by atoms with Crippen molar-refractivity contribution in [2.45, 2.75) is 57.2 Å². The summed E-state index contributed by atoms with van der Waals surface area (Å²) in [4.78, 5) is 11.7. The minimum atomic E-state index is -0.959. The maximum absolute atomic E-state index is 13.6. The molecule has 5 nitrogen and oxygen atoms in total. The van der Waals surface area contributed by atoms with Gasteiger partial charge in [-0.3, -0.25) is 4.79 Å². The molecular formula is C25H32F2N2O3. The number of hydrogen-bond acceptors (Lipinski definition) is 4. The molecule has 2 aromatic carbocycles. The van der Waals surface area contributed by atoms with Crippen LogP contribution in [0.25, 0.3) is 0 Å². The van der Waals surface area contributed by atoms with Gasteiger partial charge in [-0.25, -0.2) is 8.78 Å². The maximum atomic E-state index is 13.6. The molecule has 7 heteroatoms. The number of benzene rings is 2. The molecule has 2 atom stereocenters. The normalized spacial score (nSPS) is 17.5. The SMILES string of the molecule is CCc1cccc(C2(NCC(O)C(Cc3cc(F)cc(F)c3)NC(C)=O)CCOCC2)c1. The predicted molar refractivity (Wildman–Crippen MR) is 119 cm³/mol. The lowest BCUT2D eigenvalue weighted by Gasteiger charge is -2.40. The Labute approximate surface area is 188 Å². The van der Waals surface area contributed by atoms with E-state index in [1.807, 2.05) is 6.07 Å². The van der Waals surface area contributed by atoms with E-state index in [2.05, 4.69) is 35.8 Å². The molecule has 1 aliphatic heterocycles. The van der Waals surface area contributed by atoms with Crippen LogP contribution in [-0.4, -0.2) is 42.9 Å². The van der Waals surface area contributed by atoms with Crippen molar-refractivity contribution in [3.63, 3.8) is 0 Å². The third-order valence-electron chi connectivity index (χ3n) is 6.11. The van der Waals surface area contributed by atoms with Crippen molar-refractivity contribution in [2.75, 3.05) is 19.8 Å². The smallest absolute Gasteiger partial charge is 0.217 e. The number of aliphatic hydroxyl groups excluding tert-OH is 1. The lowest BCUT2D eigenvalue weighted by Crippen LogP contribution is -2.54. The summed E-state index contributed by atoms with van der Waals surface area (Å²) < 4.78 is 32.8. The number of amides is 1. The van der Waals surface area contributed by atoms with E-state index < -0.39 is 23.8 Å². The van der Waals surface area contributed by atoms with Gasteiger partial charge in [0.15, 0.2) is 0 Å². The highest BCUT2D eigenvalue weighted by atomic mass is 19.1. The zero-order chi connectivity index (χ0) is 23.1. The van der Waals surface area contributed by atoms with Crippen molar-refractivity contribution in [2.24, 2.45) is 0 Å². The minimum absolute atomic E-state index is 0.110. The molecule has 0 aromatic heterocycles. The van der Waals surface area contributed by atoms with Gasteiger partial charge in [-0.15, -0.1) is 0 Å². The molecule has 1 aliphatic rings. The van der Waals surface area contributed by atoms with Gasteiger partial charge in [-0.2, -0.15) is 0 Å². The first-order chi connectivity index (χ1) is 15.3. The minimum Gasteiger partial charge on any atom is -0.390 e. The third kappa shape index (κ3) is 6.34. The van der Waals surface area contributed by atoms with Gasteiger partial charge in [-0.05, 0) is 54.5 Å². The van der Waals surface area contributed by atoms with Gasteiger partial charge in [0.05, 0.1) is 12.1 Å². The Hall–Kier alpha value is -2.35. The van der Waals surface area contributed by atoms with Gasteiger partial charge in [0, 0.05) is 38.3 Å². The second-order valence-electron chi connectivity index (χ2n) is 8.49. The molecule has 1 fully saturated rings. The summed E-state index contributed by atoms with van der Waals surface area (Å²) in [5, 5.41) is 17.2. The van der Waals surface area contributed by atoms with Crippen LogP contribution in [0.15, 0.2) is 42.5 Å². The lowest BCUT2D eigenvalue weighted by molar-refractivity contribution is -0.120. The monoisotopic (exact) mass is 446 g/mol. The van der Waals surface area contributed by atoms with Crippen LogP contribution >= 0.6 is 0 Å². The molecule has 0 spiro atoms. The van der Waals surface area contributed by atoms with Gasteiger partial charge in [0.2, 0.25) is 5.91 Å². The molecule has 0 bridgehead atoms. The number of carbonyl (C=O) groups is 1. The molecule has 1 amide bonds. The number of hydrogen-bond donors (Lipinski definition) is 3. The Bertz CT molecular complexity index is 896. The predicted octanol–water partition coefficient (Wildman–Crippen LogP) is 3.23. The standard InChI is InChI=1S/C25H32F2N2O3/c1-3-18-5-4-6-20(11-18)25(7-9-32-10-8-25)28-16-24(31)23(29-17(2)30)14-19-12-21(26)15-22(27)13-19/h4-6,11-13,15,23-24,28,31H,3,7-10,14,16H2,1-2H3,(H,29,30). The lowest BCUT2D eigenvalue weighted by atomic mass is 9.81. The molecule has 2 unspecified atom stereocenters. The second kappa shape index (κ2) is 11.0. The first-order valence-corrected chi connectivity index (χ1v) is 11.1. The van der Waals surface area contributed by atoms with E-state index in [1.54, 1.807) is 0 Å². The van der Waals surface area contributed by atoms with Crippen LogP contribution in [0.4, 0.5) is 8.78 Å². The molecule has 32 heavy (non-hydrogen) atoms. The fourth-order valence-electron chi connectivity index (χ4n) is 4.35. The van der Waals surface area contributed by atoms with Crippen LogP contribution in [0, 0.1) is 11.6 Å². The molecular weight excluding hydrogens is 414 g/mol. The van der Waals surface area contributed by atoms with Crippen molar-refractivity contribution < 1.29 is 23.4 Å². The Morgan fingerprint density at radius 3 is 2.44 bits per heavy atom. The number of ether oxygens (including phenoxy) is 1. The summed E-state index contributed by atoms with van der Waals surface area (Å²) in [6.45, 7) is 4.89. The Morgan fingerprint density at radius 1 is 1.12 bits per heavy atom. The first kappa shape index (κ1) is 24.3. The second-order valence-corrected chi connectivity index (χ2v) is 8.49. The highest BCUT2D eigenvalue weighted by Crippen LogP contribution is 2.33. The van der Waals surface area contributed by atoms with E-state index >= 15 is 0 Å². The summed E-state index contributed by atoms with van der Waals surface area (Å²) in [7, 11) is 0. The molecule has 3 N–H and O–H groups in total. The fraction of sp³-hybridized carbons (Fsp3) is 0.480. The number of carbonyl (C=O) groups excluding carboxylic acids is 1. The summed E-state index contributed by atoms with van der Waals surface area (Å²) in [6.07, 6.45) is 1.59. The van der Waals surface area contributed by atoms with E-state index in [4.69, 9.17) is 4.74 Å². The van der Waals surface area contributed by atoms with E-state index in [-0.39, 0.29) is 24.4 Å². The van der Waals surface area contributed by atoms with Gasteiger partial charge < -0.3 is 20.5 Å². The van der Waals surface area contributed by atoms with Gasteiger partial charge >= 0.3 is 0 Å². The van der Waals surface area contributed by atoms with E-state index in [0.717, 1.165) is 30.9 Å². The number of rotatable bonds is 9. The van der Waals surface area contributed by atoms with E-state index in [9.17, 15) is 18.7 Å². The Kier molecular flexibility index (Phi) is 8.34. The van der Waals surface area contributed by atoms with Crippen molar-refractivity contribution in [3.8, 4) is 0 Å². The van der Waals surface area contributed by atoms with Crippen molar-refractivity contribution >= 4 is 5.91 Å². The summed E-state index contributed by atoms with van der Waals surface area (Å²) in [5.74, 6) is -1.69. The summed E-state index contributed by atoms with van der Waals surface area (Å²) in [5.41, 5.74) is 2.41. The van der Waals surface area contributed by atoms with Crippen LogP contribution in [-0.2, 0) is 27.9 Å². The molecule has 1 heterocycles. The fourth-order valence-corrected chi connectivity index (χ4v) is 4.35. The van der Waals surface area contributed by atoms with E-state index in [0.29, 0.717) is 18.8 Å². The van der Waals surface area contributed by atoms with Crippen molar-refractivity contribution in [3.05, 3.63) is 70.8 Å². The van der Waals surface area contributed by atoms with Gasteiger partial charge in [0.25, 0.3) is 0 Å². The van der Waals surface area contributed by atoms with Crippen LogP contribution in [0.5, 0.6) is 0 Å². The summed E-state index contributed by atoms with van der Waals surface area (Å²) in [6, 6.07) is 10.9. The molecule has 2 aromatic rings. The molecule has 0 aliphatic carbocycles. The highest BCUT2D eigenvalue weighted by Gasteiger charge is 2.35. The van der Waals surface area contributed by atoms with Crippen molar-refractivity contribution in [1.82, 2.24) is 10.6 Å². The topological polar surface area (TPSA) is 70.6 Å². The Morgan fingerprint density at radius 2 is 1.81 bits per heavy atom. The number of aryl methyl sites for hydroxylation is 1. The molecule has 0 radical (unpaired) electrons. The van der Waals surface area contributed by atoms with Gasteiger partial charge in [0.1, 0.15) is 11.6 Å². The van der Waals surface area contributed by atoms with Crippen LogP contribution in [0.2, 0.25) is 0 Å². The van der Waals surface area contributed by atoms with Crippen LogP contribution < -0.4 is 10.6 Å². The largest absolute Gasteiger partial charge is 0.390 e. The third-order valence-corrected chi connectivity index (χ3v) is 6.11. The molecule has 0 saturated carbocycles. The maximum Gasteiger partial charge on any atom is 0.217 e. The quantitative estimate of drug-likeness (QED) is 0.553. The number of aliphatic hydroxyl groups is 1. The number of halogens is 2. The average Bonchev–Trinajstić information content (AvgIpc) is 2.76. The van der Waals surface area contributed by atoms with Gasteiger partial charge in [-0.1, -0.05) is 31.2 Å². The molecule has 3 rings (SSSR count). The number of nitrogens with one attached hydrogen (secondary N) is 2. The highest BCUT2D eigenvalue weighted by molar-refractivity contribution is 5.73. The zero-order valence-corrected chi connectivity index (χ0v) is 18.7.